The Labute approximate surface area is 153 Å². The second-order valence-electron chi connectivity index (χ2n) is 6.47. The molecule has 0 fully saturated rings. The van der Waals surface area contributed by atoms with Crippen molar-refractivity contribution in [2.45, 2.75) is 51.3 Å². The summed E-state index contributed by atoms with van der Waals surface area (Å²) in [5.41, 5.74) is 6.06. The molecule has 1 heterocycles. The van der Waals surface area contributed by atoms with Gasteiger partial charge in [-0.3, -0.25) is 9.59 Å². The van der Waals surface area contributed by atoms with Crippen LogP contribution < -0.4 is 10.4 Å². The van der Waals surface area contributed by atoms with Gasteiger partial charge in [-0.05, 0) is 24.5 Å². The van der Waals surface area contributed by atoms with Gasteiger partial charge in [0, 0.05) is 25.1 Å². The van der Waals surface area contributed by atoms with Gasteiger partial charge in [0.2, 0.25) is 5.91 Å². The Morgan fingerprint density at radius 1 is 1.35 bits per heavy atom. The molecule has 1 aliphatic rings. The van der Waals surface area contributed by atoms with Crippen molar-refractivity contribution in [2.75, 3.05) is 6.61 Å². The van der Waals surface area contributed by atoms with E-state index in [1.165, 1.54) is 0 Å². The third kappa shape index (κ3) is 5.32. The SMILES string of the molecule is CCCCOC(=O)c1cccc2c1OB(O)[C@@H](CC(=O)CCC(N)=O)C2. The Morgan fingerprint density at radius 2 is 2.12 bits per heavy atom. The third-order valence-electron chi connectivity index (χ3n) is 4.31. The molecule has 7 nitrogen and oxygen atoms in total. The fourth-order valence-corrected chi connectivity index (χ4v) is 2.86. The number of benzene rings is 1. The lowest BCUT2D eigenvalue weighted by molar-refractivity contribution is -0.123. The van der Waals surface area contributed by atoms with Gasteiger partial charge in [0.05, 0.1) is 6.61 Å². The molecular weight excluding hydrogens is 337 g/mol. The molecule has 0 unspecified atom stereocenters. The number of rotatable bonds is 9. The predicted octanol–water partition coefficient (Wildman–Crippen LogP) is 1.65. The first kappa shape index (κ1) is 20.0. The highest BCUT2D eigenvalue weighted by atomic mass is 16.5. The van der Waals surface area contributed by atoms with Crippen molar-refractivity contribution >= 4 is 24.8 Å². The summed E-state index contributed by atoms with van der Waals surface area (Å²) in [6, 6.07) is 5.12. The molecule has 0 spiro atoms. The molecule has 8 heteroatoms. The van der Waals surface area contributed by atoms with Crippen molar-refractivity contribution < 1.29 is 28.8 Å². The van der Waals surface area contributed by atoms with Gasteiger partial charge in [-0.2, -0.15) is 0 Å². The topological polar surface area (TPSA) is 116 Å². The molecule has 2 rings (SSSR count). The van der Waals surface area contributed by atoms with E-state index in [0.29, 0.717) is 18.8 Å². The number of fused-ring (bicyclic) bond motifs is 1. The maximum atomic E-state index is 12.2. The van der Waals surface area contributed by atoms with E-state index in [4.69, 9.17) is 15.1 Å². The molecule has 140 valence electrons. The number of amides is 1. The second-order valence-corrected chi connectivity index (χ2v) is 6.47. The smallest absolute Gasteiger partial charge is 0.526 e. The molecule has 0 bridgehead atoms. The minimum absolute atomic E-state index is 0.00710. The molecule has 0 saturated carbocycles. The Kier molecular flexibility index (Phi) is 7.21. The van der Waals surface area contributed by atoms with Crippen LogP contribution in [-0.4, -0.2) is 36.4 Å². The van der Waals surface area contributed by atoms with Crippen LogP contribution in [0.4, 0.5) is 0 Å². The van der Waals surface area contributed by atoms with Crippen LogP contribution in [0.25, 0.3) is 0 Å². The van der Waals surface area contributed by atoms with Gasteiger partial charge in [0.15, 0.2) is 0 Å². The first-order valence-corrected chi connectivity index (χ1v) is 8.86. The lowest BCUT2D eigenvalue weighted by atomic mass is 9.64. The molecule has 1 atom stereocenters. The zero-order chi connectivity index (χ0) is 19.1. The number of unbranched alkanes of at least 4 members (excludes halogenated alkanes) is 1. The molecule has 0 saturated heterocycles. The Bertz CT molecular complexity index is 678. The number of primary amides is 1. The van der Waals surface area contributed by atoms with Gasteiger partial charge < -0.3 is 20.1 Å². The van der Waals surface area contributed by atoms with E-state index in [1.807, 2.05) is 6.92 Å². The molecule has 1 amide bonds. The molecule has 26 heavy (non-hydrogen) atoms. The first-order chi connectivity index (χ1) is 12.4. The summed E-state index contributed by atoms with van der Waals surface area (Å²) in [7, 11) is -1.20. The van der Waals surface area contributed by atoms with E-state index in [1.54, 1.807) is 18.2 Å². The van der Waals surface area contributed by atoms with Gasteiger partial charge in [-0.15, -0.1) is 0 Å². The summed E-state index contributed by atoms with van der Waals surface area (Å²) >= 11 is 0. The van der Waals surface area contributed by atoms with Crippen LogP contribution in [0.1, 0.15) is 54.9 Å². The first-order valence-electron chi connectivity index (χ1n) is 8.86. The predicted molar refractivity (Wildman–Crippen MR) is 95.7 cm³/mol. The monoisotopic (exact) mass is 361 g/mol. The van der Waals surface area contributed by atoms with Crippen molar-refractivity contribution in [3.63, 3.8) is 0 Å². The normalized spacial score (nSPS) is 15.8. The minimum Gasteiger partial charge on any atom is -0.535 e. The van der Waals surface area contributed by atoms with Crippen LogP contribution in [0.2, 0.25) is 5.82 Å². The largest absolute Gasteiger partial charge is 0.535 e. The fraction of sp³-hybridized carbons (Fsp3) is 0.500. The molecule has 0 aliphatic carbocycles. The van der Waals surface area contributed by atoms with Crippen LogP contribution >= 0.6 is 0 Å². The summed E-state index contributed by atoms with van der Waals surface area (Å²) in [5, 5.41) is 10.2. The third-order valence-corrected chi connectivity index (χ3v) is 4.31. The van der Waals surface area contributed by atoms with Gasteiger partial charge in [-0.1, -0.05) is 25.5 Å². The van der Waals surface area contributed by atoms with E-state index in [9.17, 15) is 19.4 Å². The summed E-state index contributed by atoms with van der Waals surface area (Å²) in [6.07, 6.45) is 2.22. The summed E-state index contributed by atoms with van der Waals surface area (Å²) in [6.45, 7) is 2.33. The van der Waals surface area contributed by atoms with Gasteiger partial charge in [0.1, 0.15) is 17.1 Å². The number of carbonyl (C=O) groups is 3. The summed E-state index contributed by atoms with van der Waals surface area (Å²) in [4.78, 5) is 34.9. The van der Waals surface area contributed by atoms with Gasteiger partial charge >= 0.3 is 13.1 Å². The van der Waals surface area contributed by atoms with E-state index < -0.39 is 24.8 Å². The number of para-hydroxylation sites is 1. The molecule has 1 aromatic rings. The number of ether oxygens (including phenoxy) is 1. The van der Waals surface area contributed by atoms with Crippen LogP contribution in [0.3, 0.4) is 0 Å². The molecule has 0 aromatic heterocycles. The van der Waals surface area contributed by atoms with Crippen molar-refractivity contribution in [3.05, 3.63) is 29.3 Å². The zero-order valence-electron chi connectivity index (χ0n) is 14.9. The zero-order valence-corrected chi connectivity index (χ0v) is 14.9. The quantitative estimate of drug-likeness (QED) is 0.393. The average molecular weight is 361 g/mol. The van der Waals surface area contributed by atoms with E-state index in [0.717, 1.165) is 18.4 Å². The van der Waals surface area contributed by atoms with Crippen molar-refractivity contribution in [3.8, 4) is 5.75 Å². The Hall–Kier alpha value is -2.35. The van der Waals surface area contributed by atoms with E-state index in [-0.39, 0.29) is 30.6 Å². The number of carbonyl (C=O) groups excluding carboxylic acids is 3. The highest BCUT2D eigenvalue weighted by Crippen LogP contribution is 2.36. The van der Waals surface area contributed by atoms with Gasteiger partial charge in [0.25, 0.3) is 0 Å². The van der Waals surface area contributed by atoms with Crippen LogP contribution in [0.5, 0.6) is 5.75 Å². The van der Waals surface area contributed by atoms with Crippen molar-refractivity contribution in [2.24, 2.45) is 5.73 Å². The van der Waals surface area contributed by atoms with Crippen molar-refractivity contribution in [1.82, 2.24) is 0 Å². The Morgan fingerprint density at radius 3 is 2.81 bits per heavy atom. The number of nitrogens with two attached hydrogens (primary N) is 1. The molecule has 1 aliphatic heterocycles. The van der Waals surface area contributed by atoms with Gasteiger partial charge in [-0.25, -0.2) is 4.79 Å². The van der Waals surface area contributed by atoms with Crippen molar-refractivity contribution in [1.29, 1.82) is 0 Å². The number of hydrogen-bond donors (Lipinski definition) is 2. The minimum atomic E-state index is -1.20. The number of ketones is 1. The second kappa shape index (κ2) is 9.38. The number of Topliss-reactive ketones (excluding diaryl/α,β-unsaturated/α-hetero) is 1. The maximum Gasteiger partial charge on any atom is 0.526 e. The lowest BCUT2D eigenvalue weighted by Gasteiger charge is -2.28. The van der Waals surface area contributed by atoms with E-state index in [2.05, 4.69) is 0 Å². The lowest BCUT2D eigenvalue weighted by Crippen LogP contribution is -2.36. The molecule has 3 N–H and O–H groups in total. The van der Waals surface area contributed by atoms with Crippen LogP contribution in [-0.2, 0) is 20.7 Å². The summed E-state index contributed by atoms with van der Waals surface area (Å²) in [5.74, 6) is -1.31. The number of esters is 1. The highest BCUT2D eigenvalue weighted by Gasteiger charge is 2.37. The Balaban J connectivity index is 2.05. The maximum absolute atomic E-state index is 12.2. The van der Waals surface area contributed by atoms with E-state index >= 15 is 0 Å². The average Bonchev–Trinajstić information content (AvgIpc) is 2.60. The number of hydrogen-bond acceptors (Lipinski definition) is 6. The van der Waals surface area contributed by atoms with Crippen LogP contribution in [0.15, 0.2) is 18.2 Å². The standard InChI is InChI=1S/C18H24BNO6/c1-2-3-9-25-18(23)15-6-4-5-12-10-13(19(24)26-17(12)15)11-14(21)7-8-16(20)22/h4-6,13,24H,2-3,7-11H2,1H3,(H2,20,22)/t13-/m1/s1. The van der Waals surface area contributed by atoms with Crippen LogP contribution in [0, 0.1) is 0 Å². The highest BCUT2D eigenvalue weighted by molar-refractivity contribution is 6.47. The molecule has 1 aromatic carbocycles. The fourth-order valence-electron chi connectivity index (χ4n) is 2.86. The summed E-state index contributed by atoms with van der Waals surface area (Å²) < 4.78 is 10.8. The molecular formula is C18H24BNO6. The molecule has 0 radical (unpaired) electrons.